The van der Waals surface area contributed by atoms with Gasteiger partial charge in [0, 0.05) is 10.9 Å². The van der Waals surface area contributed by atoms with Gasteiger partial charge in [0.15, 0.2) is 17.5 Å². The van der Waals surface area contributed by atoms with Gasteiger partial charge in [-0.25, -0.2) is 9.29 Å². The molecule has 1 aliphatic heterocycles. The van der Waals surface area contributed by atoms with Gasteiger partial charge >= 0.3 is 10.3 Å². The molecule has 1 saturated heterocycles. The van der Waals surface area contributed by atoms with Gasteiger partial charge in [-0.1, -0.05) is 5.16 Å². The summed E-state index contributed by atoms with van der Waals surface area (Å²) >= 11 is 1.04. The van der Waals surface area contributed by atoms with E-state index < -0.39 is 33.7 Å². The Morgan fingerprint density at radius 3 is 2.58 bits per heavy atom. The van der Waals surface area contributed by atoms with Crippen LogP contribution in [0.1, 0.15) is 25.1 Å². The van der Waals surface area contributed by atoms with Crippen LogP contribution in [-0.4, -0.2) is 70.4 Å². The number of carbonyl (C=O) groups excluding carboxylic acids is 2. The fourth-order valence-electron chi connectivity index (χ4n) is 3.35. The van der Waals surface area contributed by atoms with E-state index in [0.717, 1.165) is 11.3 Å². The summed E-state index contributed by atoms with van der Waals surface area (Å²) in [5.74, 6) is -1.72. The summed E-state index contributed by atoms with van der Waals surface area (Å²) in [6, 6.07) is 3.32. The molecule has 15 nitrogen and oxygen atoms in total. The number of ether oxygens (including phenoxy) is 1. The van der Waals surface area contributed by atoms with Crippen molar-refractivity contribution in [1.82, 2.24) is 14.6 Å². The van der Waals surface area contributed by atoms with Crippen LogP contribution in [0.4, 0.5) is 10.8 Å². The summed E-state index contributed by atoms with van der Waals surface area (Å²) in [4.78, 5) is 34.4. The predicted octanol–water partition coefficient (Wildman–Crippen LogP) is -0.700. The molecule has 2 amide bonds. The lowest BCUT2D eigenvalue weighted by Crippen LogP contribution is -2.77. The zero-order valence-electron chi connectivity index (χ0n) is 19.1. The normalized spacial score (nSPS) is 17.3. The van der Waals surface area contributed by atoms with Gasteiger partial charge in [-0.3, -0.25) is 19.6 Å². The molecule has 0 bridgehead atoms. The molecule has 0 saturated carbocycles. The molecule has 1 atom stereocenters. The summed E-state index contributed by atoms with van der Waals surface area (Å²) < 4.78 is 37.9. The SMILES string of the molecule is CC1(C)[C@H](NC(=O)/C(=N\OCCOc2ccc(C(=N)N)cc2N)c2csc(N)n2)C(=O)N1S(=O)(=O)O. The molecule has 194 valence electrons. The maximum Gasteiger partial charge on any atom is 0.362 e. The predicted molar refractivity (Wildman–Crippen MR) is 131 cm³/mol. The van der Waals surface area contributed by atoms with E-state index >= 15 is 0 Å². The largest absolute Gasteiger partial charge is 0.488 e. The van der Waals surface area contributed by atoms with Crippen molar-refractivity contribution in [2.24, 2.45) is 10.9 Å². The van der Waals surface area contributed by atoms with Gasteiger partial charge < -0.3 is 32.1 Å². The molecule has 0 radical (unpaired) electrons. The van der Waals surface area contributed by atoms with Gasteiger partial charge in [-0.05, 0) is 32.0 Å². The van der Waals surface area contributed by atoms with Crippen LogP contribution in [0.5, 0.6) is 5.75 Å². The van der Waals surface area contributed by atoms with Crippen LogP contribution in [-0.2, 0) is 24.7 Å². The number of benzene rings is 1. The Morgan fingerprint density at radius 2 is 2.06 bits per heavy atom. The number of thiazole rings is 1. The summed E-state index contributed by atoms with van der Waals surface area (Å²) in [6.45, 7) is 2.58. The van der Waals surface area contributed by atoms with E-state index in [0.29, 0.717) is 11.3 Å². The second kappa shape index (κ2) is 9.96. The summed E-state index contributed by atoms with van der Waals surface area (Å²) in [7, 11) is -4.80. The minimum atomic E-state index is -4.80. The first-order valence-electron chi connectivity index (χ1n) is 10.1. The molecule has 3 rings (SSSR count). The number of oxime groups is 1. The van der Waals surface area contributed by atoms with Crippen LogP contribution in [0.15, 0.2) is 28.7 Å². The smallest absolute Gasteiger partial charge is 0.362 e. The summed E-state index contributed by atoms with van der Waals surface area (Å²) in [5.41, 5.74) is 15.9. The van der Waals surface area contributed by atoms with Crippen LogP contribution in [0.3, 0.4) is 0 Å². The molecule has 17 heteroatoms. The van der Waals surface area contributed by atoms with Crippen molar-refractivity contribution in [1.29, 1.82) is 5.41 Å². The number of hydrogen-bond acceptors (Lipinski definition) is 12. The number of nitrogens with two attached hydrogens (primary N) is 3. The lowest BCUT2D eigenvalue weighted by Gasteiger charge is -2.50. The maximum atomic E-state index is 12.9. The third-order valence-corrected chi connectivity index (χ3v) is 6.86. The van der Waals surface area contributed by atoms with Crippen molar-refractivity contribution >= 4 is 55.8 Å². The van der Waals surface area contributed by atoms with E-state index in [2.05, 4.69) is 15.5 Å². The highest BCUT2D eigenvalue weighted by molar-refractivity contribution is 7.84. The van der Waals surface area contributed by atoms with Gasteiger partial charge in [0.25, 0.3) is 11.8 Å². The third-order valence-electron chi connectivity index (χ3n) is 5.07. The first kappa shape index (κ1) is 26.6. The Labute approximate surface area is 209 Å². The number of nitrogens with one attached hydrogen (secondary N) is 2. The molecule has 36 heavy (non-hydrogen) atoms. The van der Waals surface area contributed by atoms with E-state index in [4.69, 9.17) is 32.2 Å². The minimum absolute atomic E-state index is 0.0152. The zero-order valence-corrected chi connectivity index (χ0v) is 20.7. The van der Waals surface area contributed by atoms with Crippen molar-refractivity contribution in [2.45, 2.75) is 25.4 Å². The van der Waals surface area contributed by atoms with Crippen molar-refractivity contribution in [2.75, 3.05) is 24.7 Å². The molecule has 1 aromatic carbocycles. The van der Waals surface area contributed by atoms with Crippen LogP contribution >= 0.6 is 11.3 Å². The number of hydrogen-bond donors (Lipinski definition) is 6. The second-order valence-corrected chi connectivity index (χ2v) is 10.1. The first-order valence-corrected chi connectivity index (χ1v) is 12.4. The fraction of sp³-hybridized carbons (Fsp3) is 0.316. The quantitative estimate of drug-likeness (QED) is 0.0418. The van der Waals surface area contributed by atoms with Gasteiger partial charge in [-0.15, -0.1) is 11.3 Å². The molecule has 1 aliphatic rings. The zero-order chi connectivity index (χ0) is 26.8. The molecular weight excluding hydrogens is 516 g/mol. The Morgan fingerprint density at radius 1 is 1.36 bits per heavy atom. The highest BCUT2D eigenvalue weighted by Gasteiger charge is 2.60. The van der Waals surface area contributed by atoms with Crippen molar-refractivity contribution in [3.63, 3.8) is 0 Å². The minimum Gasteiger partial charge on any atom is -0.488 e. The lowest BCUT2D eigenvalue weighted by molar-refractivity contribution is -0.151. The van der Waals surface area contributed by atoms with Crippen LogP contribution in [0.25, 0.3) is 0 Å². The van der Waals surface area contributed by atoms with Crippen LogP contribution in [0.2, 0.25) is 0 Å². The Hall–Kier alpha value is -3.96. The number of anilines is 2. The number of nitrogen functional groups attached to an aromatic ring is 3. The van der Waals surface area contributed by atoms with Gasteiger partial charge in [0.2, 0.25) is 0 Å². The Balaban J connectivity index is 1.67. The number of aromatic nitrogens is 1. The van der Waals surface area contributed by atoms with Crippen molar-refractivity contribution in [3.8, 4) is 5.75 Å². The molecule has 2 heterocycles. The highest BCUT2D eigenvalue weighted by atomic mass is 32.2. The maximum absolute atomic E-state index is 12.9. The topological polar surface area (TPSA) is 249 Å². The molecule has 9 N–H and O–H groups in total. The molecule has 0 unspecified atom stereocenters. The monoisotopic (exact) mass is 540 g/mol. The van der Waals surface area contributed by atoms with E-state index in [-0.39, 0.29) is 45.6 Å². The molecule has 1 aromatic heterocycles. The second-order valence-electron chi connectivity index (χ2n) is 8.00. The number of nitrogens with zero attached hydrogens (tertiary/aromatic N) is 3. The first-order chi connectivity index (χ1) is 16.7. The van der Waals surface area contributed by atoms with Gasteiger partial charge in [0.05, 0.1) is 11.2 Å². The fourth-order valence-corrected chi connectivity index (χ4v) is 4.93. The number of β-lactam (4-membered cyclic amide) rings is 1. The average molecular weight is 541 g/mol. The summed E-state index contributed by atoms with van der Waals surface area (Å²) in [6.07, 6.45) is 0. The standard InChI is InChI=1S/C19H24N8O7S2/c1-19(2)14(17(29)27(19)36(30,31)32)25-16(28)13(11-8-35-18(23)24-11)26-34-6-5-33-12-4-3-9(15(21)22)7-10(12)20/h3-4,7-8,14H,5-6,20H2,1-2H3,(H3,21,22)(H2,23,24)(H,25,28)(H,30,31,32)/b26-13-/t14-/m1/s1. The van der Waals surface area contributed by atoms with Crippen molar-refractivity contribution in [3.05, 3.63) is 34.8 Å². The molecule has 1 fully saturated rings. The van der Waals surface area contributed by atoms with E-state index in [1.807, 2.05) is 0 Å². The third kappa shape index (κ3) is 5.47. The van der Waals surface area contributed by atoms with Gasteiger partial charge in [0.1, 0.15) is 29.9 Å². The number of amides is 2. The van der Waals surface area contributed by atoms with Crippen LogP contribution < -0.4 is 27.3 Å². The number of rotatable bonds is 10. The number of carbonyl (C=O) groups is 2. The molecule has 0 aliphatic carbocycles. The van der Waals surface area contributed by atoms with E-state index in [9.17, 15) is 22.6 Å². The Bertz CT molecular complexity index is 1340. The van der Waals surface area contributed by atoms with E-state index in [1.54, 1.807) is 12.1 Å². The van der Waals surface area contributed by atoms with Crippen molar-refractivity contribution < 1.29 is 32.1 Å². The lowest BCUT2D eigenvalue weighted by atomic mass is 9.85. The molecular formula is C19H24N8O7S2. The molecule has 2 aromatic rings. The highest BCUT2D eigenvalue weighted by Crippen LogP contribution is 2.34. The number of amidine groups is 1. The van der Waals surface area contributed by atoms with Crippen LogP contribution in [0, 0.1) is 5.41 Å². The van der Waals surface area contributed by atoms with Gasteiger partial charge in [-0.2, -0.15) is 8.42 Å². The molecule has 0 spiro atoms. The Kier molecular flexibility index (Phi) is 7.37. The summed E-state index contributed by atoms with van der Waals surface area (Å²) in [5, 5.41) is 15.2. The average Bonchev–Trinajstić information content (AvgIpc) is 3.19. The van der Waals surface area contributed by atoms with E-state index in [1.165, 1.54) is 25.3 Å².